The van der Waals surface area contributed by atoms with Gasteiger partial charge in [0.15, 0.2) is 0 Å². The lowest BCUT2D eigenvalue weighted by molar-refractivity contribution is 0.415. The SMILES string of the molecule is CCCCn1nc(-c2cccc(OC)c2)cc(CCl)c1=O. The lowest BCUT2D eigenvalue weighted by atomic mass is 10.1. The van der Waals surface area contributed by atoms with E-state index in [0.29, 0.717) is 12.1 Å². The summed E-state index contributed by atoms with van der Waals surface area (Å²) in [6.45, 7) is 2.69. The molecule has 0 radical (unpaired) electrons. The average Bonchev–Trinajstić information content (AvgIpc) is 2.54. The second kappa shape index (κ2) is 7.27. The fourth-order valence-electron chi connectivity index (χ4n) is 2.08. The Labute approximate surface area is 129 Å². The molecule has 5 heteroatoms. The molecule has 0 aliphatic carbocycles. The largest absolute Gasteiger partial charge is 0.497 e. The molecular weight excluding hydrogens is 288 g/mol. The van der Waals surface area contributed by atoms with Crippen LogP contribution in [-0.4, -0.2) is 16.9 Å². The highest BCUT2D eigenvalue weighted by Crippen LogP contribution is 2.22. The van der Waals surface area contributed by atoms with Crippen LogP contribution in [0.2, 0.25) is 0 Å². The first-order chi connectivity index (χ1) is 10.2. The van der Waals surface area contributed by atoms with Crippen LogP contribution in [0.15, 0.2) is 35.1 Å². The van der Waals surface area contributed by atoms with Crippen LogP contribution >= 0.6 is 11.6 Å². The van der Waals surface area contributed by atoms with Gasteiger partial charge in [-0.1, -0.05) is 25.5 Å². The average molecular weight is 307 g/mol. The van der Waals surface area contributed by atoms with Crippen LogP contribution in [0.1, 0.15) is 25.3 Å². The first-order valence-corrected chi connectivity index (χ1v) is 7.54. The summed E-state index contributed by atoms with van der Waals surface area (Å²) in [6.07, 6.45) is 1.92. The number of hydrogen-bond acceptors (Lipinski definition) is 3. The van der Waals surface area contributed by atoms with Crippen LogP contribution in [0.4, 0.5) is 0 Å². The maximum atomic E-state index is 12.2. The topological polar surface area (TPSA) is 44.1 Å². The summed E-state index contributed by atoms with van der Waals surface area (Å²) in [7, 11) is 1.62. The Hall–Kier alpha value is -1.81. The minimum atomic E-state index is -0.106. The molecule has 0 fully saturated rings. The van der Waals surface area contributed by atoms with Crippen LogP contribution in [-0.2, 0) is 12.4 Å². The van der Waals surface area contributed by atoms with Gasteiger partial charge in [-0.25, -0.2) is 4.68 Å². The van der Waals surface area contributed by atoms with Gasteiger partial charge >= 0.3 is 0 Å². The molecule has 1 aromatic carbocycles. The molecule has 0 saturated carbocycles. The van der Waals surface area contributed by atoms with Crippen LogP contribution in [0, 0.1) is 0 Å². The second-order valence-electron chi connectivity index (χ2n) is 4.80. The van der Waals surface area contributed by atoms with Crippen molar-refractivity contribution in [3.8, 4) is 17.0 Å². The minimum Gasteiger partial charge on any atom is -0.497 e. The summed E-state index contributed by atoms with van der Waals surface area (Å²) < 4.78 is 6.74. The van der Waals surface area contributed by atoms with E-state index in [1.54, 1.807) is 13.2 Å². The molecule has 0 aliphatic heterocycles. The van der Waals surface area contributed by atoms with Crippen molar-refractivity contribution in [2.24, 2.45) is 0 Å². The lowest BCUT2D eigenvalue weighted by Crippen LogP contribution is -2.26. The highest BCUT2D eigenvalue weighted by Gasteiger charge is 2.09. The molecule has 0 bridgehead atoms. The minimum absolute atomic E-state index is 0.106. The van der Waals surface area contributed by atoms with Crippen molar-refractivity contribution in [2.45, 2.75) is 32.2 Å². The molecule has 0 spiro atoms. The standard InChI is InChI=1S/C16H19ClN2O2/c1-3-4-8-19-16(20)13(11-17)10-15(18-19)12-6-5-7-14(9-12)21-2/h5-7,9-10H,3-4,8,11H2,1-2H3. The second-order valence-corrected chi connectivity index (χ2v) is 5.07. The Bertz CT molecular complexity index is 668. The fourth-order valence-corrected chi connectivity index (χ4v) is 2.27. The molecule has 0 amide bonds. The van der Waals surface area contributed by atoms with E-state index in [9.17, 15) is 4.79 Å². The number of halogens is 1. The predicted molar refractivity (Wildman–Crippen MR) is 85.0 cm³/mol. The van der Waals surface area contributed by atoms with Gasteiger partial charge in [0, 0.05) is 17.7 Å². The predicted octanol–water partition coefficient (Wildman–Crippen LogP) is 3.46. The summed E-state index contributed by atoms with van der Waals surface area (Å²) in [6, 6.07) is 9.37. The molecule has 0 saturated heterocycles. The van der Waals surface area contributed by atoms with E-state index < -0.39 is 0 Å². The first kappa shape index (κ1) is 15.6. The zero-order chi connectivity index (χ0) is 15.2. The number of ether oxygens (including phenoxy) is 1. The van der Waals surface area contributed by atoms with Crippen molar-refractivity contribution >= 4 is 11.6 Å². The van der Waals surface area contributed by atoms with Crippen LogP contribution in [0.5, 0.6) is 5.75 Å². The van der Waals surface area contributed by atoms with Crippen molar-refractivity contribution in [1.82, 2.24) is 9.78 Å². The van der Waals surface area contributed by atoms with Gasteiger partial charge < -0.3 is 4.74 Å². The number of benzene rings is 1. The molecule has 2 aromatic rings. The van der Waals surface area contributed by atoms with E-state index in [1.807, 2.05) is 24.3 Å². The van der Waals surface area contributed by atoms with Gasteiger partial charge in [-0.2, -0.15) is 5.10 Å². The number of nitrogens with zero attached hydrogens (tertiary/aromatic N) is 2. The Kier molecular flexibility index (Phi) is 5.39. The molecule has 0 atom stereocenters. The Morgan fingerprint density at radius 2 is 2.14 bits per heavy atom. The Morgan fingerprint density at radius 3 is 2.81 bits per heavy atom. The number of rotatable bonds is 6. The summed E-state index contributed by atoms with van der Waals surface area (Å²) in [4.78, 5) is 12.2. The normalized spacial score (nSPS) is 10.6. The van der Waals surface area contributed by atoms with E-state index in [-0.39, 0.29) is 11.4 Å². The van der Waals surface area contributed by atoms with Gasteiger partial charge in [-0.15, -0.1) is 11.6 Å². The molecule has 0 N–H and O–H groups in total. The van der Waals surface area contributed by atoms with Crippen molar-refractivity contribution in [2.75, 3.05) is 7.11 Å². The third kappa shape index (κ3) is 3.64. The molecule has 1 aromatic heterocycles. The van der Waals surface area contributed by atoms with Gasteiger partial charge in [-0.3, -0.25) is 4.79 Å². The summed E-state index contributed by atoms with van der Waals surface area (Å²) in [5.74, 6) is 0.942. The molecule has 4 nitrogen and oxygen atoms in total. The van der Waals surface area contributed by atoms with Gasteiger partial charge in [-0.05, 0) is 24.6 Å². The number of hydrogen-bond donors (Lipinski definition) is 0. The van der Waals surface area contributed by atoms with Crippen LogP contribution < -0.4 is 10.3 Å². The van der Waals surface area contributed by atoms with Gasteiger partial charge in [0.25, 0.3) is 5.56 Å². The Morgan fingerprint density at radius 1 is 1.33 bits per heavy atom. The molecule has 21 heavy (non-hydrogen) atoms. The van der Waals surface area contributed by atoms with Gasteiger partial charge in [0.2, 0.25) is 0 Å². The summed E-state index contributed by atoms with van der Waals surface area (Å²) in [5.41, 5.74) is 2.11. The molecule has 0 aliphatic rings. The maximum absolute atomic E-state index is 12.2. The highest BCUT2D eigenvalue weighted by atomic mass is 35.5. The quantitative estimate of drug-likeness (QED) is 0.768. The molecular formula is C16H19ClN2O2. The molecule has 2 rings (SSSR count). The zero-order valence-corrected chi connectivity index (χ0v) is 13.1. The Balaban J connectivity index is 2.49. The van der Waals surface area contributed by atoms with Crippen molar-refractivity contribution in [1.29, 1.82) is 0 Å². The van der Waals surface area contributed by atoms with Crippen molar-refractivity contribution < 1.29 is 4.74 Å². The van der Waals surface area contributed by atoms with Crippen LogP contribution in [0.3, 0.4) is 0 Å². The number of methoxy groups -OCH3 is 1. The number of aromatic nitrogens is 2. The monoisotopic (exact) mass is 306 g/mol. The lowest BCUT2D eigenvalue weighted by Gasteiger charge is -2.10. The highest BCUT2D eigenvalue weighted by molar-refractivity contribution is 6.17. The van der Waals surface area contributed by atoms with E-state index in [4.69, 9.17) is 16.3 Å². The number of unbranched alkanes of at least 4 members (excludes halogenated alkanes) is 1. The van der Waals surface area contributed by atoms with Crippen LogP contribution in [0.25, 0.3) is 11.3 Å². The number of aryl methyl sites for hydroxylation is 1. The summed E-state index contributed by atoms with van der Waals surface area (Å²) >= 11 is 5.89. The van der Waals surface area contributed by atoms with E-state index in [0.717, 1.165) is 29.8 Å². The molecule has 112 valence electrons. The third-order valence-electron chi connectivity index (χ3n) is 3.28. The zero-order valence-electron chi connectivity index (χ0n) is 12.3. The molecule has 1 heterocycles. The smallest absolute Gasteiger partial charge is 0.271 e. The van der Waals surface area contributed by atoms with Gasteiger partial charge in [0.1, 0.15) is 5.75 Å². The number of alkyl halides is 1. The summed E-state index contributed by atoms with van der Waals surface area (Å²) in [5, 5.41) is 4.45. The first-order valence-electron chi connectivity index (χ1n) is 7.01. The van der Waals surface area contributed by atoms with Gasteiger partial charge in [0.05, 0.1) is 18.7 Å². The van der Waals surface area contributed by atoms with E-state index >= 15 is 0 Å². The maximum Gasteiger partial charge on any atom is 0.271 e. The van der Waals surface area contributed by atoms with Crippen molar-refractivity contribution in [3.05, 3.63) is 46.2 Å². The van der Waals surface area contributed by atoms with Crippen molar-refractivity contribution in [3.63, 3.8) is 0 Å². The van der Waals surface area contributed by atoms with E-state index in [1.165, 1.54) is 4.68 Å². The molecule has 0 unspecified atom stereocenters. The third-order valence-corrected chi connectivity index (χ3v) is 3.57. The fraction of sp³-hybridized carbons (Fsp3) is 0.375. The van der Waals surface area contributed by atoms with E-state index in [2.05, 4.69) is 12.0 Å².